The van der Waals surface area contributed by atoms with Gasteiger partial charge in [-0.3, -0.25) is 0 Å². The fourth-order valence-electron chi connectivity index (χ4n) is 3.84. The monoisotopic (exact) mass is 406 g/mol. The third kappa shape index (κ3) is 5.35. The molecule has 1 unspecified atom stereocenters. The number of anilines is 1. The number of nitrogens with zero attached hydrogens (tertiary/aromatic N) is 3. The van der Waals surface area contributed by atoms with Gasteiger partial charge >= 0.3 is 0 Å². The summed E-state index contributed by atoms with van der Waals surface area (Å²) in [6.07, 6.45) is 5.29. The molecule has 1 fully saturated rings. The summed E-state index contributed by atoms with van der Waals surface area (Å²) < 4.78 is 13.4. The number of halogens is 1. The van der Waals surface area contributed by atoms with Crippen LogP contribution in [0.1, 0.15) is 42.9 Å². The second-order valence-electron chi connectivity index (χ2n) is 7.83. The molecule has 0 spiro atoms. The first-order valence-corrected chi connectivity index (χ1v) is 10.6. The van der Waals surface area contributed by atoms with E-state index in [1.165, 1.54) is 18.6 Å². The van der Waals surface area contributed by atoms with Crippen LogP contribution in [0.3, 0.4) is 0 Å². The zero-order chi connectivity index (χ0) is 21.5. The molecule has 0 aromatic heterocycles. The summed E-state index contributed by atoms with van der Waals surface area (Å²) in [5, 5.41) is 3.42. The van der Waals surface area contributed by atoms with E-state index in [1.807, 2.05) is 6.07 Å². The molecule has 1 atom stereocenters. The van der Waals surface area contributed by atoms with Crippen LogP contribution in [0.4, 0.5) is 10.1 Å². The number of amidine groups is 1. The largest absolute Gasteiger partial charge is 0.340 e. The first kappa shape index (κ1) is 21.8. The molecule has 1 heterocycles. The standard InChI is InChI=1S/C25H31FN4/c1-5-16-27-25(30-17-7-6-11-20(30)4)29-24(23-18(2)9-8-10-19(23)3)28-22-14-12-21(26)13-15-22/h5,8-10,12-15,20H,1,6-7,11,16-17H2,2-4H3,(H,27,28,29). The van der Waals surface area contributed by atoms with Crippen molar-refractivity contribution in [2.75, 3.05) is 18.4 Å². The second-order valence-corrected chi connectivity index (χ2v) is 7.83. The molecular weight excluding hydrogens is 375 g/mol. The number of likely N-dealkylation sites (tertiary alicyclic amines) is 1. The smallest absolute Gasteiger partial charge is 0.223 e. The van der Waals surface area contributed by atoms with Gasteiger partial charge in [-0.2, -0.15) is 4.99 Å². The number of aryl methyl sites for hydroxylation is 2. The van der Waals surface area contributed by atoms with Gasteiger partial charge in [-0.05, 0) is 75.4 Å². The molecule has 1 N–H and O–H groups in total. The summed E-state index contributed by atoms with van der Waals surface area (Å²) in [7, 11) is 0. The lowest BCUT2D eigenvalue weighted by atomic mass is 10.0. The highest BCUT2D eigenvalue weighted by Crippen LogP contribution is 2.21. The Morgan fingerprint density at radius 2 is 1.87 bits per heavy atom. The minimum Gasteiger partial charge on any atom is -0.340 e. The van der Waals surface area contributed by atoms with Crippen molar-refractivity contribution < 1.29 is 4.39 Å². The zero-order valence-electron chi connectivity index (χ0n) is 18.2. The van der Waals surface area contributed by atoms with E-state index in [1.54, 1.807) is 18.2 Å². The van der Waals surface area contributed by atoms with Crippen LogP contribution in [0, 0.1) is 19.7 Å². The van der Waals surface area contributed by atoms with Gasteiger partial charge in [0.2, 0.25) is 5.96 Å². The van der Waals surface area contributed by atoms with E-state index in [-0.39, 0.29) is 5.82 Å². The molecule has 3 rings (SSSR count). The minimum absolute atomic E-state index is 0.263. The van der Waals surface area contributed by atoms with Crippen LogP contribution in [-0.2, 0) is 0 Å². The predicted molar refractivity (Wildman–Crippen MR) is 125 cm³/mol. The predicted octanol–water partition coefficient (Wildman–Crippen LogP) is 5.72. The molecule has 0 amide bonds. The maximum absolute atomic E-state index is 13.4. The van der Waals surface area contributed by atoms with E-state index >= 15 is 0 Å². The number of hydrogen-bond donors (Lipinski definition) is 1. The number of benzene rings is 2. The van der Waals surface area contributed by atoms with Gasteiger partial charge < -0.3 is 10.2 Å². The Kier molecular flexibility index (Phi) is 7.39. The average Bonchev–Trinajstić information content (AvgIpc) is 2.73. The van der Waals surface area contributed by atoms with Crippen LogP contribution >= 0.6 is 0 Å². The van der Waals surface area contributed by atoms with Crippen LogP contribution in [0.5, 0.6) is 0 Å². The van der Waals surface area contributed by atoms with Crippen LogP contribution < -0.4 is 5.32 Å². The van der Waals surface area contributed by atoms with Gasteiger partial charge in [0.1, 0.15) is 11.7 Å². The highest BCUT2D eigenvalue weighted by atomic mass is 19.1. The van der Waals surface area contributed by atoms with Crippen molar-refractivity contribution in [3.8, 4) is 0 Å². The molecule has 5 heteroatoms. The lowest BCUT2D eigenvalue weighted by Gasteiger charge is -2.34. The van der Waals surface area contributed by atoms with Gasteiger partial charge in [-0.1, -0.05) is 24.3 Å². The maximum Gasteiger partial charge on any atom is 0.223 e. The van der Waals surface area contributed by atoms with Gasteiger partial charge in [-0.15, -0.1) is 6.58 Å². The molecule has 1 saturated heterocycles. The van der Waals surface area contributed by atoms with E-state index < -0.39 is 0 Å². The van der Waals surface area contributed by atoms with Gasteiger partial charge in [-0.25, -0.2) is 9.38 Å². The van der Waals surface area contributed by atoms with E-state index in [0.717, 1.165) is 53.6 Å². The van der Waals surface area contributed by atoms with Crippen molar-refractivity contribution in [3.05, 3.63) is 77.6 Å². The molecule has 0 bridgehead atoms. The SMILES string of the molecule is C=CCN=C(/N=C(\Nc1ccc(F)cc1)c1c(C)cccc1C)N1CCCCC1C. The molecule has 1 aliphatic heterocycles. The van der Waals surface area contributed by atoms with Gasteiger partial charge in [0.15, 0.2) is 0 Å². The molecule has 0 aliphatic carbocycles. The number of aliphatic imine (C=N–C) groups is 2. The molecular formula is C25H31FN4. The number of guanidine groups is 1. The van der Waals surface area contributed by atoms with Crippen LogP contribution in [0.15, 0.2) is 65.1 Å². The molecule has 2 aromatic carbocycles. The van der Waals surface area contributed by atoms with Crippen molar-refractivity contribution in [3.63, 3.8) is 0 Å². The Morgan fingerprint density at radius 1 is 1.17 bits per heavy atom. The van der Waals surface area contributed by atoms with E-state index in [9.17, 15) is 4.39 Å². The summed E-state index contributed by atoms with van der Waals surface area (Å²) in [5.74, 6) is 1.17. The highest BCUT2D eigenvalue weighted by molar-refractivity contribution is 6.14. The van der Waals surface area contributed by atoms with Crippen LogP contribution in [-0.4, -0.2) is 35.8 Å². The second kappa shape index (κ2) is 10.2. The fourth-order valence-corrected chi connectivity index (χ4v) is 3.84. The lowest BCUT2D eigenvalue weighted by molar-refractivity contribution is 0.255. The topological polar surface area (TPSA) is 40.0 Å². The minimum atomic E-state index is -0.263. The van der Waals surface area contributed by atoms with E-state index in [4.69, 9.17) is 9.98 Å². The first-order chi connectivity index (χ1) is 14.5. The van der Waals surface area contributed by atoms with Crippen molar-refractivity contribution in [1.82, 2.24) is 4.90 Å². The number of nitrogens with one attached hydrogen (secondary N) is 1. The molecule has 158 valence electrons. The van der Waals surface area contributed by atoms with Crippen LogP contribution in [0.2, 0.25) is 0 Å². The van der Waals surface area contributed by atoms with Crippen LogP contribution in [0.25, 0.3) is 0 Å². The number of piperidine rings is 1. The Bertz CT molecular complexity index is 910. The van der Waals surface area contributed by atoms with Crippen molar-refractivity contribution in [1.29, 1.82) is 0 Å². The third-order valence-electron chi connectivity index (χ3n) is 5.46. The highest BCUT2D eigenvalue weighted by Gasteiger charge is 2.23. The first-order valence-electron chi connectivity index (χ1n) is 10.6. The van der Waals surface area contributed by atoms with Crippen molar-refractivity contribution >= 4 is 17.5 Å². The molecule has 4 nitrogen and oxygen atoms in total. The average molecular weight is 407 g/mol. The lowest BCUT2D eigenvalue weighted by Crippen LogP contribution is -2.42. The summed E-state index contributed by atoms with van der Waals surface area (Å²) in [6, 6.07) is 12.9. The Labute approximate surface area is 179 Å². The Hall–Kier alpha value is -2.95. The third-order valence-corrected chi connectivity index (χ3v) is 5.46. The van der Waals surface area contributed by atoms with Gasteiger partial charge in [0.25, 0.3) is 0 Å². The molecule has 30 heavy (non-hydrogen) atoms. The number of rotatable bonds is 4. The van der Waals surface area contributed by atoms with E-state index in [0.29, 0.717) is 12.6 Å². The Morgan fingerprint density at radius 3 is 2.50 bits per heavy atom. The van der Waals surface area contributed by atoms with Gasteiger partial charge in [0, 0.05) is 23.8 Å². The molecule has 1 aliphatic rings. The molecule has 0 radical (unpaired) electrons. The molecule has 2 aromatic rings. The Balaban J connectivity index is 2.08. The zero-order valence-corrected chi connectivity index (χ0v) is 18.2. The van der Waals surface area contributed by atoms with Gasteiger partial charge in [0.05, 0.1) is 6.54 Å². The normalized spacial score (nSPS) is 17.7. The summed E-state index contributed by atoms with van der Waals surface area (Å²) in [4.78, 5) is 12.1. The number of hydrogen-bond acceptors (Lipinski definition) is 1. The van der Waals surface area contributed by atoms with E-state index in [2.05, 4.69) is 49.7 Å². The summed E-state index contributed by atoms with van der Waals surface area (Å²) >= 11 is 0. The maximum atomic E-state index is 13.4. The van der Waals surface area contributed by atoms with Crippen molar-refractivity contribution in [2.45, 2.75) is 46.1 Å². The quantitative estimate of drug-likeness (QED) is 0.401. The summed E-state index contributed by atoms with van der Waals surface area (Å²) in [6.45, 7) is 11.6. The van der Waals surface area contributed by atoms with Crippen molar-refractivity contribution in [2.24, 2.45) is 9.98 Å². The summed E-state index contributed by atoms with van der Waals surface area (Å²) in [5.41, 5.74) is 4.07. The molecule has 0 saturated carbocycles. The fraction of sp³-hybridized carbons (Fsp3) is 0.360.